The zero-order valence-corrected chi connectivity index (χ0v) is 14.0. The van der Waals surface area contributed by atoms with Crippen LogP contribution in [0.1, 0.15) is 30.3 Å². The van der Waals surface area contributed by atoms with E-state index >= 15 is 0 Å². The summed E-state index contributed by atoms with van der Waals surface area (Å²) in [5, 5.41) is 7.22. The summed E-state index contributed by atoms with van der Waals surface area (Å²) in [7, 11) is -3.25. The van der Waals surface area contributed by atoms with E-state index in [1.807, 2.05) is 0 Å². The minimum Gasteiger partial charge on any atom is -0.347 e. The number of piperidine rings is 1. The maximum atomic E-state index is 12.1. The third kappa shape index (κ3) is 4.49. The monoisotopic (exact) mass is 346 g/mol. The third-order valence-electron chi connectivity index (χ3n) is 3.21. The van der Waals surface area contributed by atoms with Crippen LogP contribution in [0.2, 0.25) is 0 Å². The van der Waals surface area contributed by atoms with Gasteiger partial charge in [0, 0.05) is 31.4 Å². The highest BCUT2D eigenvalue weighted by Crippen LogP contribution is 2.17. The lowest BCUT2D eigenvalue weighted by atomic mass is 10.1. The van der Waals surface area contributed by atoms with Crippen LogP contribution >= 0.6 is 11.3 Å². The SMILES string of the molecule is CC(=O)Nc1nc(C(=O)NC2CCCN(S(C)(=O)=O)C2)cs1. The molecule has 0 aromatic carbocycles. The lowest BCUT2D eigenvalue weighted by molar-refractivity contribution is -0.114. The van der Waals surface area contributed by atoms with E-state index in [0.717, 1.165) is 24.0 Å². The molecule has 22 heavy (non-hydrogen) atoms. The summed E-state index contributed by atoms with van der Waals surface area (Å²) in [6, 6.07) is -0.234. The molecule has 0 radical (unpaired) electrons. The van der Waals surface area contributed by atoms with Crippen molar-refractivity contribution in [3.8, 4) is 0 Å². The Balaban J connectivity index is 1.96. The number of nitrogens with zero attached hydrogens (tertiary/aromatic N) is 2. The van der Waals surface area contributed by atoms with E-state index in [2.05, 4.69) is 15.6 Å². The van der Waals surface area contributed by atoms with Crippen molar-refractivity contribution < 1.29 is 18.0 Å². The second-order valence-corrected chi connectivity index (χ2v) is 7.99. The molecule has 10 heteroatoms. The van der Waals surface area contributed by atoms with Gasteiger partial charge in [0.15, 0.2) is 5.13 Å². The molecule has 1 aliphatic heterocycles. The van der Waals surface area contributed by atoms with Gasteiger partial charge in [0.1, 0.15) is 5.69 Å². The van der Waals surface area contributed by atoms with Crippen LogP contribution < -0.4 is 10.6 Å². The van der Waals surface area contributed by atoms with E-state index in [9.17, 15) is 18.0 Å². The Bertz CT molecular complexity index is 670. The molecule has 1 unspecified atom stereocenters. The molecule has 0 saturated carbocycles. The predicted molar refractivity (Wildman–Crippen MR) is 83.3 cm³/mol. The molecule has 2 amide bonds. The molecule has 1 aliphatic rings. The molecule has 0 aliphatic carbocycles. The van der Waals surface area contributed by atoms with Gasteiger partial charge in [-0.1, -0.05) is 0 Å². The highest BCUT2D eigenvalue weighted by atomic mass is 32.2. The van der Waals surface area contributed by atoms with E-state index < -0.39 is 10.0 Å². The largest absolute Gasteiger partial charge is 0.347 e. The zero-order chi connectivity index (χ0) is 16.3. The van der Waals surface area contributed by atoms with E-state index in [0.29, 0.717) is 18.1 Å². The Labute approximate surface area is 133 Å². The fourth-order valence-electron chi connectivity index (χ4n) is 2.21. The molecule has 0 bridgehead atoms. The van der Waals surface area contributed by atoms with Crippen LogP contribution in [-0.4, -0.2) is 54.9 Å². The second-order valence-electron chi connectivity index (χ2n) is 5.15. The maximum absolute atomic E-state index is 12.1. The number of carbonyl (C=O) groups excluding carboxylic acids is 2. The van der Waals surface area contributed by atoms with Crippen molar-refractivity contribution in [1.29, 1.82) is 0 Å². The van der Waals surface area contributed by atoms with E-state index in [1.54, 1.807) is 5.38 Å². The molecule has 1 saturated heterocycles. The summed E-state index contributed by atoms with van der Waals surface area (Å²) in [6.07, 6.45) is 2.59. The fourth-order valence-corrected chi connectivity index (χ4v) is 3.86. The molecule has 1 aromatic rings. The minimum absolute atomic E-state index is 0.213. The number of hydrogen-bond donors (Lipinski definition) is 2. The Hall–Kier alpha value is -1.52. The lowest BCUT2D eigenvalue weighted by Crippen LogP contribution is -2.49. The van der Waals surface area contributed by atoms with Gasteiger partial charge in [0.25, 0.3) is 5.91 Å². The molecule has 2 heterocycles. The van der Waals surface area contributed by atoms with E-state index in [4.69, 9.17) is 0 Å². The number of anilines is 1. The van der Waals surface area contributed by atoms with Crippen molar-refractivity contribution >= 4 is 38.3 Å². The number of rotatable bonds is 4. The quantitative estimate of drug-likeness (QED) is 0.813. The summed E-state index contributed by atoms with van der Waals surface area (Å²) < 4.78 is 24.5. The highest BCUT2D eigenvalue weighted by Gasteiger charge is 2.27. The van der Waals surface area contributed by atoms with Crippen LogP contribution in [0.25, 0.3) is 0 Å². The Morgan fingerprint density at radius 3 is 2.82 bits per heavy atom. The summed E-state index contributed by atoms with van der Waals surface area (Å²) >= 11 is 1.16. The molecule has 2 N–H and O–H groups in total. The zero-order valence-electron chi connectivity index (χ0n) is 12.3. The van der Waals surface area contributed by atoms with Gasteiger partial charge >= 0.3 is 0 Å². The standard InChI is InChI=1S/C12H18N4O4S2/c1-8(17)13-12-15-10(7-21-12)11(18)14-9-4-3-5-16(6-9)22(2,19)20/h7,9H,3-6H2,1-2H3,(H,14,18)(H,13,15,17). The first-order valence-corrected chi connectivity index (χ1v) is 9.47. The van der Waals surface area contributed by atoms with E-state index in [1.165, 1.54) is 11.2 Å². The first-order valence-electron chi connectivity index (χ1n) is 6.75. The van der Waals surface area contributed by atoms with Gasteiger partial charge in [-0.2, -0.15) is 0 Å². The average Bonchev–Trinajstić information content (AvgIpc) is 2.86. The lowest BCUT2D eigenvalue weighted by Gasteiger charge is -2.31. The van der Waals surface area contributed by atoms with Crippen LogP contribution in [0.5, 0.6) is 0 Å². The van der Waals surface area contributed by atoms with Gasteiger partial charge < -0.3 is 10.6 Å². The van der Waals surface area contributed by atoms with Crippen molar-refractivity contribution in [2.75, 3.05) is 24.7 Å². The Kier molecular flexibility index (Phi) is 5.14. The van der Waals surface area contributed by atoms with Gasteiger partial charge in [0.05, 0.1) is 6.26 Å². The van der Waals surface area contributed by atoms with Crippen molar-refractivity contribution in [3.63, 3.8) is 0 Å². The van der Waals surface area contributed by atoms with Crippen molar-refractivity contribution in [1.82, 2.24) is 14.6 Å². The van der Waals surface area contributed by atoms with Crippen LogP contribution in [0.4, 0.5) is 5.13 Å². The molecular formula is C12H18N4O4S2. The smallest absolute Gasteiger partial charge is 0.271 e. The molecule has 1 aromatic heterocycles. The van der Waals surface area contributed by atoms with Gasteiger partial charge in [-0.25, -0.2) is 17.7 Å². The summed E-state index contributed by atoms with van der Waals surface area (Å²) in [5.41, 5.74) is 0.213. The topological polar surface area (TPSA) is 108 Å². The maximum Gasteiger partial charge on any atom is 0.271 e. The molecule has 122 valence electrons. The molecule has 1 atom stereocenters. The molecule has 8 nitrogen and oxygen atoms in total. The Morgan fingerprint density at radius 2 is 2.18 bits per heavy atom. The van der Waals surface area contributed by atoms with Crippen LogP contribution in [-0.2, 0) is 14.8 Å². The normalized spacial score (nSPS) is 19.6. The first kappa shape index (κ1) is 16.8. The first-order chi connectivity index (χ1) is 10.3. The number of aromatic nitrogens is 1. The second kappa shape index (κ2) is 6.71. The molecular weight excluding hydrogens is 328 g/mol. The van der Waals surface area contributed by atoms with Crippen LogP contribution in [0.15, 0.2) is 5.38 Å². The summed E-state index contributed by atoms with van der Waals surface area (Å²) in [4.78, 5) is 27.1. The van der Waals surface area contributed by atoms with Crippen LogP contribution in [0.3, 0.4) is 0 Å². The molecule has 2 rings (SSSR count). The van der Waals surface area contributed by atoms with Gasteiger partial charge in [-0.05, 0) is 12.8 Å². The van der Waals surface area contributed by atoms with Gasteiger partial charge in [-0.3, -0.25) is 9.59 Å². The summed E-state index contributed by atoms with van der Waals surface area (Å²) in [6.45, 7) is 2.12. The Morgan fingerprint density at radius 1 is 1.45 bits per heavy atom. The molecule has 1 fully saturated rings. The fraction of sp³-hybridized carbons (Fsp3) is 0.583. The van der Waals surface area contributed by atoms with Gasteiger partial charge in [-0.15, -0.1) is 11.3 Å². The highest BCUT2D eigenvalue weighted by molar-refractivity contribution is 7.88. The summed E-state index contributed by atoms with van der Waals surface area (Å²) in [5.74, 6) is -0.620. The van der Waals surface area contributed by atoms with Crippen molar-refractivity contribution in [2.24, 2.45) is 0 Å². The predicted octanol–water partition coefficient (Wildman–Crippen LogP) is 0.255. The van der Waals surface area contributed by atoms with Crippen molar-refractivity contribution in [2.45, 2.75) is 25.8 Å². The number of amides is 2. The number of hydrogen-bond acceptors (Lipinski definition) is 6. The van der Waals surface area contributed by atoms with E-state index in [-0.39, 0.29) is 30.1 Å². The minimum atomic E-state index is -3.25. The number of sulfonamides is 1. The average molecular weight is 346 g/mol. The number of carbonyl (C=O) groups is 2. The van der Waals surface area contributed by atoms with Gasteiger partial charge in [0.2, 0.25) is 15.9 Å². The van der Waals surface area contributed by atoms with Crippen LogP contribution in [0, 0.1) is 0 Å². The number of nitrogens with one attached hydrogen (secondary N) is 2. The third-order valence-corrected chi connectivity index (χ3v) is 5.24. The molecule has 0 spiro atoms. The van der Waals surface area contributed by atoms with Crippen molar-refractivity contribution in [3.05, 3.63) is 11.1 Å². The number of thiazole rings is 1.